The Morgan fingerprint density at radius 2 is 1.17 bits per heavy atom. The van der Waals surface area contributed by atoms with E-state index in [4.69, 9.17) is 4.74 Å². The highest BCUT2D eigenvalue weighted by molar-refractivity contribution is 5.92. The van der Waals surface area contributed by atoms with Crippen molar-refractivity contribution < 1.29 is 42.2 Å². The maximum Gasteiger partial charge on any atom is 0.416 e. The topological polar surface area (TPSA) is 186 Å². The van der Waals surface area contributed by atoms with E-state index in [1.807, 2.05) is 68.5 Å². The number of H-pyrrole nitrogens is 2. The molecule has 5 N–H and O–H groups in total. The van der Waals surface area contributed by atoms with E-state index in [1.54, 1.807) is 36.0 Å². The number of likely N-dealkylation sites (tertiary alicyclic amines) is 2. The molecule has 2 aliphatic rings. The Kier molecular flexibility index (Phi) is 13.8. The van der Waals surface area contributed by atoms with Crippen LogP contribution in [0, 0.1) is 11.8 Å². The number of ether oxygens (including phenoxy) is 1. The third-order valence-electron chi connectivity index (χ3n) is 12.1. The molecule has 2 saturated heterocycles. The second-order valence-electron chi connectivity index (χ2n) is 17.1. The van der Waals surface area contributed by atoms with Crippen molar-refractivity contribution in [3.63, 3.8) is 0 Å². The van der Waals surface area contributed by atoms with E-state index in [2.05, 4.69) is 30.6 Å². The first kappa shape index (κ1) is 46.1. The normalized spacial score (nSPS) is 17.7. The summed E-state index contributed by atoms with van der Waals surface area (Å²) in [4.78, 5) is 70.0. The number of hydrogen-bond donors (Lipinski definition) is 5. The molecule has 17 heteroatoms. The largest absolute Gasteiger partial charge is 0.465 e. The lowest BCUT2D eigenvalue weighted by molar-refractivity contribution is -0.138. The minimum Gasteiger partial charge on any atom is -0.465 e. The molecule has 14 nitrogen and oxygen atoms in total. The predicted molar refractivity (Wildman–Crippen MR) is 238 cm³/mol. The van der Waals surface area contributed by atoms with Gasteiger partial charge in [0, 0.05) is 13.1 Å². The average Bonchev–Trinajstić information content (AvgIpc) is 4.13. The van der Waals surface area contributed by atoms with Crippen LogP contribution < -0.4 is 10.6 Å². The molecule has 4 atom stereocenters. The Morgan fingerprint density at radius 3 is 1.60 bits per heavy atom. The number of aromatic nitrogens is 4. The molecule has 2 aromatic heterocycles. The Labute approximate surface area is 374 Å². The molecule has 0 spiro atoms. The van der Waals surface area contributed by atoms with Gasteiger partial charge >= 0.3 is 18.4 Å². The van der Waals surface area contributed by atoms with Crippen LogP contribution in [0.1, 0.15) is 99.4 Å². The summed E-state index contributed by atoms with van der Waals surface area (Å²) in [6.45, 7) is 8.31. The molecule has 4 heterocycles. The van der Waals surface area contributed by atoms with E-state index < -0.39 is 36.0 Å². The smallest absolute Gasteiger partial charge is 0.416 e. The molecule has 4 amide bonds. The quantitative estimate of drug-likeness (QED) is 0.0725. The third kappa shape index (κ3) is 10.4. The van der Waals surface area contributed by atoms with Crippen LogP contribution in [0.4, 0.5) is 22.8 Å². The Balaban J connectivity index is 1.12. The van der Waals surface area contributed by atoms with Crippen LogP contribution in [0.5, 0.6) is 0 Å². The first-order valence-electron chi connectivity index (χ1n) is 21.7. The summed E-state index contributed by atoms with van der Waals surface area (Å²) in [7, 11) is 1.25. The molecule has 0 saturated carbocycles. The van der Waals surface area contributed by atoms with Crippen molar-refractivity contribution in [2.75, 3.05) is 20.2 Å². The first-order chi connectivity index (χ1) is 31.0. The molecule has 7 rings (SSSR count). The molecule has 0 bridgehead atoms. The number of nitrogens with zero attached hydrogens (tertiary/aromatic N) is 4. The Hall–Kier alpha value is -6.91. The minimum atomic E-state index is -4.49. The summed E-state index contributed by atoms with van der Waals surface area (Å²) in [5.41, 5.74) is 5.16. The molecule has 2 fully saturated rings. The summed E-state index contributed by atoms with van der Waals surface area (Å²) in [5, 5.41) is 14.4. The van der Waals surface area contributed by atoms with Crippen LogP contribution in [0.15, 0.2) is 85.2 Å². The van der Waals surface area contributed by atoms with Crippen molar-refractivity contribution in [1.82, 2.24) is 40.4 Å². The molecule has 0 unspecified atom stereocenters. The van der Waals surface area contributed by atoms with Gasteiger partial charge < -0.3 is 40.2 Å². The number of rotatable bonds is 13. The zero-order valence-electron chi connectivity index (χ0n) is 36.8. The SMILES string of the molecule is COC(=O)N[C@H](C(=O)N1CCC[C@H]1c1ncc(-c2ccc(C(=Cc3ccc(-c4cnc([C@@H]5CCCN5C(=O)[C@@H](NC(=O)O)C(C)C)[nH]4)cc3)c3ccc(C(F)(F)F)cc3)cc2)[nH]1)C(C)C. The molecule has 0 aliphatic carbocycles. The number of alkyl carbamates (subject to hydrolysis) is 1. The van der Waals surface area contributed by atoms with Gasteiger partial charge in [-0.3, -0.25) is 9.59 Å². The first-order valence-corrected chi connectivity index (χ1v) is 21.7. The Morgan fingerprint density at radius 1 is 0.723 bits per heavy atom. The van der Waals surface area contributed by atoms with Crippen LogP contribution in [-0.4, -0.2) is 91.1 Å². The van der Waals surface area contributed by atoms with Crippen molar-refractivity contribution in [2.45, 2.75) is 83.7 Å². The summed E-state index contributed by atoms with van der Waals surface area (Å²) in [6.07, 6.45) is 1.80. The summed E-state index contributed by atoms with van der Waals surface area (Å²) < 4.78 is 45.5. The zero-order chi connectivity index (χ0) is 46.6. The number of imidazole rings is 2. The van der Waals surface area contributed by atoms with Gasteiger partial charge in [0.25, 0.3) is 0 Å². The number of amides is 4. The van der Waals surface area contributed by atoms with Crippen molar-refractivity contribution in [3.05, 3.63) is 119 Å². The van der Waals surface area contributed by atoms with Gasteiger partial charge in [-0.25, -0.2) is 19.6 Å². The van der Waals surface area contributed by atoms with Crippen LogP contribution in [0.3, 0.4) is 0 Å². The van der Waals surface area contributed by atoms with E-state index in [-0.39, 0.29) is 35.7 Å². The van der Waals surface area contributed by atoms with Crippen molar-refractivity contribution in [1.29, 1.82) is 0 Å². The monoisotopic (exact) mass is 894 g/mol. The van der Waals surface area contributed by atoms with Crippen molar-refractivity contribution in [2.24, 2.45) is 11.8 Å². The maximum absolute atomic E-state index is 13.7. The number of halogens is 3. The van der Waals surface area contributed by atoms with Crippen molar-refractivity contribution in [3.8, 4) is 22.5 Å². The third-order valence-corrected chi connectivity index (χ3v) is 12.1. The fourth-order valence-electron chi connectivity index (χ4n) is 8.57. The highest BCUT2D eigenvalue weighted by Crippen LogP contribution is 2.36. The van der Waals surface area contributed by atoms with Gasteiger partial charge in [0.05, 0.1) is 48.5 Å². The van der Waals surface area contributed by atoms with Crippen molar-refractivity contribution >= 4 is 35.6 Å². The summed E-state index contributed by atoms with van der Waals surface area (Å²) >= 11 is 0. The fraction of sp³-hybridized carbons (Fsp3) is 0.375. The predicted octanol–water partition coefficient (Wildman–Crippen LogP) is 9.07. The second-order valence-corrected chi connectivity index (χ2v) is 17.1. The van der Waals surface area contributed by atoms with Gasteiger partial charge in [0.15, 0.2) is 0 Å². The van der Waals surface area contributed by atoms with E-state index >= 15 is 0 Å². The highest BCUT2D eigenvalue weighted by Gasteiger charge is 2.39. The van der Waals surface area contributed by atoms with Gasteiger partial charge in [0.1, 0.15) is 23.7 Å². The van der Waals surface area contributed by atoms with E-state index in [0.29, 0.717) is 48.7 Å². The van der Waals surface area contributed by atoms with Crippen LogP contribution >= 0.6 is 0 Å². The number of methoxy groups -OCH3 is 1. The van der Waals surface area contributed by atoms with E-state index in [9.17, 15) is 37.5 Å². The molecule has 2 aliphatic heterocycles. The second kappa shape index (κ2) is 19.5. The fourth-order valence-corrected chi connectivity index (χ4v) is 8.57. The molecular formula is C48H53F3N8O6. The lowest BCUT2D eigenvalue weighted by Crippen LogP contribution is -2.51. The molecule has 0 radical (unpaired) electrons. The number of aromatic amines is 2. The van der Waals surface area contributed by atoms with Gasteiger partial charge in [-0.1, -0.05) is 88.4 Å². The minimum absolute atomic E-state index is 0.170. The zero-order valence-corrected chi connectivity index (χ0v) is 36.8. The number of hydrogen-bond acceptors (Lipinski definition) is 7. The lowest BCUT2D eigenvalue weighted by atomic mass is 9.93. The average molecular weight is 895 g/mol. The number of carboxylic acid groups (broad SMARTS) is 1. The molecule has 5 aromatic rings. The number of carbonyl (C=O) groups excluding carboxylic acids is 3. The number of benzene rings is 3. The maximum atomic E-state index is 13.7. The van der Waals surface area contributed by atoms with Gasteiger partial charge in [-0.2, -0.15) is 13.2 Å². The summed E-state index contributed by atoms with van der Waals surface area (Å²) in [5.74, 6) is 0.313. The standard InChI is InChI=1S/C48H53F3N8O6/c1-27(2)40(56-46(62)63)44(60)58-22-6-8-38(58)42-52-25-36(54-42)32-12-10-29(11-13-32)24-35(31-18-20-34(21-19-31)48(49,50)51)30-14-16-33(17-15-30)37-26-53-43(55-37)39-9-7-23-59(39)45(61)41(28(3)4)57-47(64)65-5/h10-21,24-28,38-41,56H,6-9,22-23H2,1-5H3,(H,52,54)(H,53,55)(H,57,64)(H,62,63)/t38-,39-,40-,41-/m0/s1. The highest BCUT2D eigenvalue weighted by atomic mass is 19.4. The molecule has 342 valence electrons. The lowest BCUT2D eigenvalue weighted by Gasteiger charge is -2.30. The van der Waals surface area contributed by atoms with Crippen LogP contribution in [0.2, 0.25) is 0 Å². The number of alkyl halides is 3. The molecular weight excluding hydrogens is 842 g/mol. The molecule has 3 aromatic carbocycles. The number of carbonyl (C=O) groups is 4. The van der Waals surface area contributed by atoms with Gasteiger partial charge in [-0.15, -0.1) is 0 Å². The Bertz CT molecular complexity index is 2510. The number of nitrogens with one attached hydrogen (secondary N) is 4. The van der Waals surface area contributed by atoms with Crippen LogP contribution in [0.25, 0.3) is 34.2 Å². The van der Waals surface area contributed by atoms with Gasteiger partial charge in [0.2, 0.25) is 11.8 Å². The van der Waals surface area contributed by atoms with E-state index in [0.717, 1.165) is 58.6 Å². The molecule has 65 heavy (non-hydrogen) atoms. The van der Waals surface area contributed by atoms with Crippen LogP contribution in [-0.2, 0) is 20.5 Å². The van der Waals surface area contributed by atoms with Gasteiger partial charge in [-0.05, 0) is 89.1 Å². The summed E-state index contributed by atoms with van der Waals surface area (Å²) in [6, 6.07) is 18.0. The van der Waals surface area contributed by atoms with E-state index in [1.165, 1.54) is 19.2 Å².